The number of halogens is 2. The maximum atomic E-state index is 13.2. The monoisotopic (exact) mass is 239 g/mol. The molecule has 0 bridgehead atoms. The molecule has 2 N–H and O–H groups in total. The molecule has 2 rings (SSSR count). The zero-order valence-corrected chi connectivity index (χ0v) is 9.37. The van der Waals surface area contributed by atoms with Gasteiger partial charge in [-0.3, -0.25) is 4.68 Å². The first-order valence-corrected chi connectivity index (χ1v) is 4.85. The Labute approximate surface area is 96.6 Å². The van der Waals surface area contributed by atoms with Gasteiger partial charge in [0.25, 0.3) is 0 Å². The van der Waals surface area contributed by atoms with Crippen molar-refractivity contribution < 1.29 is 13.5 Å². The summed E-state index contributed by atoms with van der Waals surface area (Å²) in [5.41, 5.74) is 6.95. The van der Waals surface area contributed by atoms with Gasteiger partial charge < -0.3 is 10.5 Å². The number of anilines is 1. The van der Waals surface area contributed by atoms with Crippen LogP contribution in [0.1, 0.15) is 0 Å². The minimum Gasteiger partial charge on any atom is -0.496 e. The second-order valence-corrected chi connectivity index (χ2v) is 3.54. The number of nitrogen functional groups attached to an aromatic ring is 1. The molecule has 0 atom stereocenters. The van der Waals surface area contributed by atoms with E-state index in [9.17, 15) is 8.78 Å². The summed E-state index contributed by atoms with van der Waals surface area (Å²) in [7, 11) is 3.04. The van der Waals surface area contributed by atoms with Gasteiger partial charge in [-0.25, -0.2) is 8.78 Å². The minimum atomic E-state index is -0.966. The summed E-state index contributed by atoms with van der Waals surface area (Å²) in [4.78, 5) is 0. The van der Waals surface area contributed by atoms with Crippen molar-refractivity contribution in [1.29, 1.82) is 0 Å². The third-order valence-electron chi connectivity index (χ3n) is 2.46. The number of hydrogen-bond donors (Lipinski definition) is 1. The zero-order chi connectivity index (χ0) is 12.6. The zero-order valence-electron chi connectivity index (χ0n) is 9.37. The molecule has 0 unspecified atom stereocenters. The fraction of sp³-hybridized carbons (Fsp3) is 0.182. The van der Waals surface area contributed by atoms with Gasteiger partial charge in [0.05, 0.1) is 24.7 Å². The number of aromatic nitrogens is 2. The van der Waals surface area contributed by atoms with Crippen molar-refractivity contribution in [3.05, 3.63) is 30.0 Å². The highest BCUT2D eigenvalue weighted by Crippen LogP contribution is 2.34. The number of aryl methyl sites for hydroxylation is 1. The second-order valence-electron chi connectivity index (χ2n) is 3.54. The quantitative estimate of drug-likeness (QED) is 0.871. The molecule has 0 saturated heterocycles. The highest BCUT2D eigenvalue weighted by Gasteiger charge is 2.17. The van der Waals surface area contributed by atoms with Crippen LogP contribution in [0.5, 0.6) is 5.75 Å². The first kappa shape index (κ1) is 11.4. The maximum absolute atomic E-state index is 13.2. The topological polar surface area (TPSA) is 53.1 Å². The summed E-state index contributed by atoms with van der Waals surface area (Å²) in [5.74, 6) is -1.72. The lowest BCUT2D eigenvalue weighted by molar-refractivity contribution is 0.408. The van der Waals surface area contributed by atoms with Crippen LogP contribution < -0.4 is 10.5 Å². The Balaban J connectivity index is 2.70. The molecule has 2 aromatic rings. The molecule has 4 nitrogen and oxygen atoms in total. The van der Waals surface area contributed by atoms with E-state index in [1.807, 2.05) is 0 Å². The second kappa shape index (κ2) is 4.04. The number of benzene rings is 1. The van der Waals surface area contributed by atoms with Crippen molar-refractivity contribution in [2.24, 2.45) is 7.05 Å². The van der Waals surface area contributed by atoms with Crippen molar-refractivity contribution in [1.82, 2.24) is 9.78 Å². The van der Waals surface area contributed by atoms with Crippen LogP contribution in [0.15, 0.2) is 18.3 Å². The Kier molecular flexibility index (Phi) is 2.71. The largest absolute Gasteiger partial charge is 0.496 e. The first-order valence-electron chi connectivity index (χ1n) is 4.85. The molecule has 0 aliphatic rings. The predicted octanol–water partition coefficient (Wildman–Crippen LogP) is 1.96. The summed E-state index contributed by atoms with van der Waals surface area (Å²) in [5, 5.41) is 3.94. The van der Waals surface area contributed by atoms with Crippen molar-refractivity contribution in [3.63, 3.8) is 0 Å². The number of methoxy groups -OCH3 is 1. The van der Waals surface area contributed by atoms with Crippen LogP contribution in [0.4, 0.5) is 14.5 Å². The van der Waals surface area contributed by atoms with Gasteiger partial charge in [-0.2, -0.15) is 5.10 Å². The molecule has 6 heteroatoms. The van der Waals surface area contributed by atoms with Gasteiger partial charge in [-0.15, -0.1) is 0 Å². The van der Waals surface area contributed by atoms with Gasteiger partial charge in [-0.05, 0) is 6.07 Å². The highest BCUT2D eigenvalue weighted by atomic mass is 19.2. The summed E-state index contributed by atoms with van der Waals surface area (Å²) < 4.78 is 32.8. The molecule has 0 fully saturated rings. The van der Waals surface area contributed by atoms with E-state index in [-0.39, 0.29) is 5.75 Å². The minimum absolute atomic E-state index is 0.208. The van der Waals surface area contributed by atoms with Gasteiger partial charge >= 0.3 is 0 Å². The lowest BCUT2D eigenvalue weighted by Crippen LogP contribution is -2.00. The third kappa shape index (κ3) is 1.82. The van der Waals surface area contributed by atoms with E-state index in [0.717, 1.165) is 12.1 Å². The van der Waals surface area contributed by atoms with Crippen LogP contribution in [0.3, 0.4) is 0 Å². The van der Waals surface area contributed by atoms with Gasteiger partial charge in [0.15, 0.2) is 11.6 Å². The van der Waals surface area contributed by atoms with E-state index in [0.29, 0.717) is 16.9 Å². The van der Waals surface area contributed by atoms with E-state index in [2.05, 4.69) is 5.10 Å². The summed E-state index contributed by atoms with van der Waals surface area (Å²) >= 11 is 0. The molecule has 0 radical (unpaired) electrons. The number of ether oxygens (including phenoxy) is 1. The molecule has 90 valence electrons. The Hall–Kier alpha value is -2.11. The van der Waals surface area contributed by atoms with E-state index in [1.165, 1.54) is 18.0 Å². The smallest absolute Gasteiger partial charge is 0.162 e. The summed E-state index contributed by atoms with van der Waals surface area (Å²) in [6.45, 7) is 0. The Morgan fingerprint density at radius 3 is 2.47 bits per heavy atom. The van der Waals surface area contributed by atoms with Crippen molar-refractivity contribution in [2.45, 2.75) is 0 Å². The number of nitrogens with two attached hydrogens (primary N) is 1. The van der Waals surface area contributed by atoms with E-state index >= 15 is 0 Å². The Morgan fingerprint density at radius 2 is 1.94 bits per heavy atom. The molecule has 0 aliphatic heterocycles. The summed E-state index contributed by atoms with van der Waals surface area (Å²) in [6.07, 6.45) is 1.44. The Bertz CT molecular complexity index is 547. The average Bonchev–Trinajstić information content (AvgIpc) is 2.62. The van der Waals surface area contributed by atoms with Crippen LogP contribution >= 0.6 is 0 Å². The van der Waals surface area contributed by atoms with Gasteiger partial charge in [0.2, 0.25) is 0 Å². The van der Waals surface area contributed by atoms with Gasteiger partial charge in [-0.1, -0.05) is 0 Å². The number of rotatable bonds is 2. The fourth-order valence-corrected chi connectivity index (χ4v) is 1.67. The molecule has 0 amide bonds. The van der Waals surface area contributed by atoms with Crippen molar-refractivity contribution in [3.8, 4) is 17.0 Å². The van der Waals surface area contributed by atoms with Crippen LogP contribution in [-0.2, 0) is 7.05 Å². The maximum Gasteiger partial charge on any atom is 0.162 e. The lowest BCUT2D eigenvalue weighted by Gasteiger charge is -2.10. The molecular weight excluding hydrogens is 228 g/mol. The molecule has 1 heterocycles. The molecule has 17 heavy (non-hydrogen) atoms. The van der Waals surface area contributed by atoms with Crippen LogP contribution in [0.2, 0.25) is 0 Å². The number of nitrogens with zero attached hydrogens (tertiary/aromatic N) is 2. The molecule has 0 spiro atoms. The van der Waals surface area contributed by atoms with Crippen LogP contribution in [0, 0.1) is 11.6 Å². The Morgan fingerprint density at radius 1 is 1.29 bits per heavy atom. The SMILES string of the molecule is COc1cc(F)c(F)cc1-c1c(N)cnn1C. The molecule has 0 saturated carbocycles. The lowest BCUT2D eigenvalue weighted by atomic mass is 10.1. The van der Waals surface area contributed by atoms with Crippen molar-refractivity contribution >= 4 is 5.69 Å². The highest BCUT2D eigenvalue weighted by molar-refractivity contribution is 5.77. The summed E-state index contributed by atoms with van der Waals surface area (Å²) in [6, 6.07) is 2.03. The fourth-order valence-electron chi connectivity index (χ4n) is 1.67. The van der Waals surface area contributed by atoms with E-state index in [4.69, 9.17) is 10.5 Å². The van der Waals surface area contributed by atoms with Gasteiger partial charge in [0.1, 0.15) is 5.75 Å². The first-order chi connectivity index (χ1) is 8.04. The van der Waals surface area contributed by atoms with E-state index < -0.39 is 11.6 Å². The average molecular weight is 239 g/mol. The third-order valence-corrected chi connectivity index (χ3v) is 2.46. The number of hydrogen-bond acceptors (Lipinski definition) is 3. The molecule has 1 aromatic carbocycles. The van der Waals surface area contributed by atoms with Crippen LogP contribution in [0.25, 0.3) is 11.3 Å². The molecule has 1 aromatic heterocycles. The predicted molar refractivity (Wildman–Crippen MR) is 59.5 cm³/mol. The van der Waals surface area contributed by atoms with Crippen molar-refractivity contribution in [2.75, 3.05) is 12.8 Å². The van der Waals surface area contributed by atoms with Gasteiger partial charge in [0, 0.05) is 18.7 Å². The van der Waals surface area contributed by atoms with Crippen LogP contribution in [-0.4, -0.2) is 16.9 Å². The standard InChI is InChI=1S/C11H11F2N3O/c1-16-11(9(14)5-15-16)6-3-7(12)8(13)4-10(6)17-2/h3-5H,14H2,1-2H3. The van der Waals surface area contributed by atoms with E-state index in [1.54, 1.807) is 7.05 Å². The normalized spacial score (nSPS) is 10.6. The molecular formula is C11H11F2N3O. The molecule has 0 aliphatic carbocycles.